The largest absolute Gasteiger partial charge is 0.455 e. The predicted molar refractivity (Wildman–Crippen MR) is 67.9 cm³/mol. The molecule has 0 fully saturated rings. The van der Waals surface area contributed by atoms with Gasteiger partial charge < -0.3 is 4.74 Å². The Kier molecular flexibility index (Phi) is 4.27. The van der Waals surface area contributed by atoms with E-state index in [1.165, 1.54) is 0 Å². The first-order valence-electron chi connectivity index (χ1n) is 5.97. The number of ether oxygens (including phenoxy) is 1. The van der Waals surface area contributed by atoms with Crippen molar-refractivity contribution in [2.45, 2.75) is 46.6 Å². The van der Waals surface area contributed by atoms with Crippen molar-refractivity contribution in [3.8, 4) is 0 Å². The second kappa shape index (κ2) is 5.30. The zero-order valence-corrected chi connectivity index (χ0v) is 11.3. The highest BCUT2D eigenvalue weighted by Crippen LogP contribution is 2.12. The van der Waals surface area contributed by atoms with E-state index in [4.69, 9.17) is 4.74 Å². The molecule has 0 aromatic carbocycles. The molecule has 0 bridgehead atoms. The minimum Gasteiger partial charge on any atom is -0.455 e. The van der Waals surface area contributed by atoms with Crippen molar-refractivity contribution in [1.29, 1.82) is 0 Å². The number of hydrogen-bond acceptors (Lipinski definition) is 3. The molecule has 0 aliphatic heterocycles. The zero-order valence-electron chi connectivity index (χ0n) is 11.3. The summed E-state index contributed by atoms with van der Waals surface area (Å²) in [6.07, 6.45) is 0.872. The minimum atomic E-state index is -0.479. The van der Waals surface area contributed by atoms with Gasteiger partial charge in [0.2, 0.25) is 0 Å². The number of aromatic nitrogens is 1. The van der Waals surface area contributed by atoms with Crippen molar-refractivity contribution in [3.63, 3.8) is 0 Å². The molecule has 0 unspecified atom stereocenters. The van der Waals surface area contributed by atoms with Crippen LogP contribution >= 0.6 is 0 Å². The lowest BCUT2D eigenvalue weighted by Crippen LogP contribution is -2.24. The maximum atomic E-state index is 11.8. The van der Waals surface area contributed by atoms with E-state index < -0.39 is 5.60 Å². The Hall–Kier alpha value is -1.38. The second-order valence-corrected chi connectivity index (χ2v) is 5.61. The van der Waals surface area contributed by atoms with Gasteiger partial charge in [-0.2, -0.15) is 0 Å². The highest BCUT2D eigenvalue weighted by atomic mass is 16.6. The first-order valence-corrected chi connectivity index (χ1v) is 5.97. The fourth-order valence-corrected chi connectivity index (χ4v) is 1.46. The van der Waals surface area contributed by atoms with Gasteiger partial charge in [-0.3, -0.25) is 0 Å². The van der Waals surface area contributed by atoms with E-state index in [-0.39, 0.29) is 5.97 Å². The average Bonchev–Trinajstić information content (AvgIpc) is 2.14. The lowest BCUT2D eigenvalue weighted by molar-refractivity contribution is 0.00625. The molecule has 1 heterocycles. The molecule has 3 nitrogen and oxygen atoms in total. The molecule has 0 amide bonds. The molecule has 0 N–H and O–H groups in total. The van der Waals surface area contributed by atoms with Gasteiger partial charge in [-0.15, -0.1) is 0 Å². The van der Waals surface area contributed by atoms with Crippen LogP contribution < -0.4 is 0 Å². The van der Waals surface area contributed by atoms with Crippen molar-refractivity contribution < 1.29 is 9.53 Å². The Labute approximate surface area is 103 Å². The first kappa shape index (κ1) is 13.7. The summed E-state index contributed by atoms with van der Waals surface area (Å²) in [5.74, 6) is 0.166. The van der Waals surface area contributed by atoms with Crippen LogP contribution in [0.4, 0.5) is 0 Å². The SMILES string of the molecule is CC(C)Cc1cccc(C(=O)OC(C)(C)C)n1. The van der Waals surface area contributed by atoms with E-state index >= 15 is 0 Å². The molecule has 94 valence electrons. The summed E-state index contributed by atoms with van der Waals surface area (Å²) in [5, 5.41) is 0. The third kappa shape index (κ3) is 4.98. The smallest absolute Gasteiger partial charge is 0.357 e. The molecular weight excluding hydrogens is 214 g/mol. The molecule has 0 saturated heterocycles. The van der Waals surface area contributed by atoms with Gasteiger partial charge in [0.1, 0.15) is 11.3 Å². The van der Waals surface area contributed by atoms with Crippen molar-refractivity contribution in [2.75, 3.05) is 0 Å². The molecule has 0 spiro atoms. The fourth-order valence-electron chi connectivity index (χ4n) is 1.46. The molecule has 17 heavy (non-hydrogen) atoms. The molecule has 3 heteroatoms. The van der Waals surface area contributed by atoms with Gasteiger partial charge in [0.05, 0.1) is 0 Å². The monoisotopic (exact) mass is 235 g/mol. The maximum absolute atomic E-state index is 11.8. The standard InChI is InChI=1S/C14H21NO2/c1-10(2)9-11-7-6-8-12(15-11)13(16)17-14(3,4)5/h6-8,10H,9H2,1-5H3. The third-order valence-electron chi connectivity index (χ3n) is 2.03. The highest BCUT2D eigenvalue weighted by Gasteiger charge is 2.18. The Morgan fingerprint density at radius 2 is 2.00 bits per heavy atom. The lowest BCUT2D eigenvalue weighted by Gasteiger charge is -2.19. The van der Waals surface area contributed by atoms with Crippen LogP contribution in [0.5, 0.6) is 0 Å². The molecule has 0 aliphatic rings. The van der Waals surface area contributed by atoms with Crippen molar-refractivity contribution in [1.82, 2.24) is 4.98 Å². The minimum absolute atomic E-state index is 0.358. The summed E-state index contributed by atoms with van der Waals surface area (Å²) in [4.78, 5) is 16.1. The Bertz CT molecular complexity index is 391. The number of hydrogen-bond donors (Lipinski definition) is 0. The van der Waals surface area contributed by atoms with E-state index in [0.29, 0.717) is 11.6 Å². The summed E-state index contributed by atoms with van der Waals surface area (Å²) in [6, 6.07) is 5.48. The van der Waals surface area contributed by atoms with Crippen LogP contribution in [-0.2, 0) is 11.2 Å². The van der Waals surface area contributed by atoms with Crippen LogP contribution in [0.15, 0.2) is 18.2 Å². The average molecular weight is 235 g/mol. The third-order valence-corrected chi connectivity index (χ3v) is 2.03. The first-order chi connectivity index (χ1) is 7.78. The second-order valence-electron chi connectivity index (χ2n) is 5.61. The van der Waals surface area contributed by atoms with Crippen molar-refractivity contribution in [2.24, 2.45) is 5.92 Å². The molecular formula is C14H21NO2. The molecule has 0 atom stereocenters. The molecule has 1 rings (SSSR count). The van der Waals surface area contributed by atoms with E-state index in [2.05, 4.69) is 18.8 Å². The Morgan fingerprint density at radius 1 is 1.35 bits per heavy atom. The summed E-state index contributed by atoms with van der Waals surface area (Å²) in [5.41, 5.74) is 0.841. The van der Waals surface area contributed by atoms with Crippen LogP contribution in [0, 0.1) is 5.92 Å². The summed E-state index contributed by atoms with van der Waals surface area (Å²) >= 11 is 0. The fraction of sp³-hybridized carbons (Fsp3) is 0.571. The van der Waals surface area contributed by atoms with Gasteiger partial charge in [0.25, 0.3) is 0 Å². The van der Waals surface area contributed by atoms with Gasteiger partial charge in [0.15, 0.2) is 0 Å². The maximum Gasteiger partial charge on any atom is 0.357 e. The summed E-state index contributed by atoms with van der Waals surface area (Å²) in [7, 11) is 0. The molecule has 0 saturated carbocycles. The lowest BCUT2D eigenvalue weighted by atomic mass is 10.1. The molecule has 0 radical (unpaired) electrons. The van der Waals surface area contributed by atoms with E-state index in [1.807, 2.05) is 32.9 Å². The van der Waals surface area contributed by atoms with Crippen molar-refractivity contribution >= 4 is 5.97 Å². The molecule has 0 aliphatic carbocycles. The van der Waals surface area contributed by atoms with Crippen LogP contribution in [0.1, 0.15) is 50.8 Å². The Balaban J connectivity index is 2.81. The van der Waals surface area contributed by atoms with E-state index in [1.54, 1.807) is 6.07 Å². The number of rotatable bonds is 3. The normalized spacial score (nSPS) is 11.6. The zero-order chi connectivity index (χ0) is 13.1. The molecule has 1 aromatic rings. The summed E-state index contributed by atoms with van der Waals surface area (Å²) in [6.45, 7) is 9.80. The number of nitrogens with zero attached hydrogens (tertiary/aromatic N) is 1. The number of carbonyl (C=O) groups excluding carboxylic acids is 1. The number of esters is 1. The topological polar surface area (TPSA) is 39.2 Å². The predicted octanol–water partition coefficient (Wildman–Crippen LogP) is 3.24. The van der Waals surface area contributed by atoms with Crippen LogP contribution in [-0.4, -0.2) is 16.6 Å². The van der Waals surface area contributed by atoms with Crippen LogP contribution in [0.25, 0.3) is 0 Å². The van der Waals surface area contributed by atoms with Crippen LogP contribution in [0.2, 0.25) is 0 Å². The summed E-state index contributed by atoms with van der Waals surface area (Å²) < 4.78 is 5.28. The highest BCUT2D eigenvalue weighted by molar-refractivity contribution is 5.87. The van der Waals surface area contributed by atoms with Gasteiger partial charge in [-0.1, -0.05) is 19.9 Å². The van der Waals surface area contributed by atoms with E-state index in [9.17, 15) is 4.79 Å². The van der Waals surface area contributed by atoms with Gasteiger partial charge >= 0.3 is 5.97 Å². The number of pyridine rings is 1. The van der Waals surface area contributed by atoms with Crippen LogP contribution in [0.3, 0.4) is 0 Å². The number of carbonyl (C=O) groups is 1. The van der Waals surface area contributed by atoms with Crippen molar-refractivity contribution in [3.05, 3.63) is 29.6 Å². The molecule has 1 aromatic heterocycles. The van der Waals surface area contributed by atoms with Gasteiger partial charge in [-0.25, -0.2) is 9.78 Å². The van der Waals surface area contributed by atoms with E-state index in [0.717, 1.165) is 12.1 Å². The quantitative estimate of drug-likeness (QED) is 0.755. The van der Waals surface area contributed by atoms with Gasteiger partial charge in [-0.05, 0) is 45.2 Å². The van der Waals surface area contributed by atoms with Gasteiger partial charge in [0, 0.05) is 5.69 Å². The Morgan fingerprint density at radius 3 is 2.53 bits per heavy atom.